The molecule has 2 amide bonds. The molecule has 0 aliphatic heterocycles. The van der Waals surface area contributed by atoms with E-state index in [1.807, 2.05) is 6.07 Å². The molecule has 0 saturated heterocycles. The van der Waals surface area contributed by atoms with Gasteiger partial charge in [-0.05, 0) is 23.8 Å². The molecule has 0 aliphatic rings. The van der Waals surface area contributed by atoms with Crippen LogP contribution in [0.1, 0.15) is 5.56 Å². The van der Waals surface area contributed by atoms with Gasteiger partial charge in [0.25, 0.3) is 5.69 Å². The van der Waals surface area contributed by atoms with Crippen LogP contribution >= 0.6 is 0 Å². The fourth-order valence-electron chi connectivity index (χ4n) is 1.53. The van der Waals surface area contributed by atoms with Crippen molar-refractivity contribution in [1.82, 2.24) is 10.3 Å². The molecule has 118 valence electrons. The van der Waals surface area contributed by atoms with Crippen molar-refractivity contribution in [2.75, 3.05) is 5.32 Å². The van der Waals surface area contributed by atoms with Crippen LogP contribution in [0.4, 0.5) is 16.2 Å². The molecule has 7 nitrogen and oxygen atoms in total. The maximum atomic E-state index is 11.6. The number of nitro groups is 1. The molecule has 0 spiro atoms. The first-order valence-electron chi connectivity index (χ1n) is 5.83. The van der Waals surface area contributed by atoms with Crippen LogP contribution in [0.3, 0.4) is 0 Å². The van der Waals surface area contributed by atoms with Gasteiger partial charge in [0, 0.05) is 36.8 Å². The number of carbonyl (C=O) groups excluding carboxylic acids is 1. The van der Waals surface area contributed by atoms with E-state index >= 15 is 0 Å². The molecule has 2 aromatic rings. The smallest absolute Gasteiger partial charge is 1.00 e. The molecule has 1 heterocycles. The summed E-state index contributed by atoms with van der Waals surface area (Å²) in [6, 6.07) is 8.85. The Morgan fingerprint density at radius 2 is 1.83 bits per heavy atom. The predicted octanol–water partition coefficient (Wildman–Crippen LogP) is -3.68. The minimum absolute atomic E-state index is 0. The summed E-state index contributed by atoms with van der Waals surface area (Å²) in [4.78, 5) is 25.6. The Kier molecular flexibility index (Phi) is 12.0. The summed E-state index contributed by atoms with van der Waals surface area (Å²) < 4.78 is 0. The number of non-ortho nitro benzene ring substituents is 1. The van der Waals surface area contributed by atoms with Crippen molar-refractivity contribution in [1.29, 1.82) is 0 Å². The van der Waals surface area contributed by atoms with Crippen molar-refractivity contribution >= 4 is 17.4 Å². The Bertz CT molecular complexity index is 614. The monoisotopic (exact) mass is 406 g/mol. The van der Waals surface area contributed by atoms with Gasteiger partial charge in [0.05, 0.1) is 4.92 Å². The fourth-order valence-corrected chi connectivity index (χ4v) is 1.53. The number of nitrogens with zero attached hydrogens (tertiary/aromatic N) is 2. The van der Waals surface area contributed by atoms with Crippen molar-refractivity contribution in [3.05, 3.63) is 64.5 Å². The summed E-state index contributed by atoms with van der Waals surface area (Å²) in [7, 11) is 0. The Balaban J connectivity index is 0. The number of amides is 2. The third-order valence-corrected chi connectivity index (χ3v) is 2.51. The molecule has 0 fully saturated rings. The van der Waals surface area contributed by atoms with Crippen molar-refractivity contribution in [2.24, 2.45) is 0 Å². The molecule has 1 aromatic heterocycles. The third kappa shape index (κ3) is 7.88. The summed E-state index contributed by atoms with van der Waals surface area (Å²) in [5.74, 6) is 0. The average Bonchev–Trinajstić information content (AvgIpc) is 2.47. The molecule has 0 aliphatic carbocycles. The Morgan fingerprint density at radius 3 is 2.35 bits per heavy atom. The van der Waals surface area contributed by atoms with E-state index in [4.69, 9.17) is 0 Å². The van der Waals surface area contributed by atoms with Crippen LogP contribution in [0.2, 0.25) is 0 Å². The van der Waals surface area contributed by atoms with Crippen LogP contribution in [0.15, 0.2) is 48.8 Å². The molecule has 0 bridgehead atoms. The van der Waals surface area contributed by atoms with Crippen molar-refractivity contribution < 1.29 is 54.0 Å². The number of rotatable bonds is 4. The first kappa shape index (κ1) is 23.5. The van der Waals surface area contributed by atoms with E-state index < -0.39 is 4.92 Å². The van der Waals surface area contributed by atoms with Crippen LogP contribution in [0, 0.1) is 10.1 Å². The van der Waals surface area contributed by atoms with E-state index in [0.717, 1.165) is 5.56 Å². The minimum atomic E-state index is -0.494. The molecule has 0 saturated carbocycles. The number of pyridine rings is 1. The molecule has 0 radical (unpaired) electrons. The van der Waals surface area contributed by atoms with Crippen molar-refractivity contribution in [3.63, 3.8) is 0 Å². The van der Waals surface area contributed by atoms with Gasteiger partial charge in [-0.3, -0.25) is 15.1 Å². The molecule has 10 heteroatoms. The van der Waals surface area contributed by atoms with Crippen LogP contribution in [0.5, 0.6) is 0 Å². The minimum Gasteiger partial charge on any atom is -1.00 e. The zero-order valence-corrected chi connectivity index (χ0v) is 16.4. The number of hydrogen-bond acceptors (Lipinski definition) is 4. The first-order chi connectivity index (χ1) is 9.65. The quantitative estimate of drug-likeness (QED) is 0.309. The summed E-state index contributed by atoms with van der Waals surface area (Å²) in [6.45, 7) is 0.354. The van der Waals surface area contributed by atoms with E-state index in [2.05, 4.69) is 15.6 Å². The second kappa shape index (κ2) is 11.8. The standard InChI is InChI=1S/C13H12N4O3.2ClH.Zn/c18-13(15-9-10-2-1-7-14-8-10)16-11-3-5-12(6-4-11)17(19)20;;;/h1-8H,9H2,(H2,15,16,18);2*1H;/q;;;+2/p-2. The van der Waals surface area contributed by atoms with Gasteiger partial charge in [0.2, 0.25) is 0 Å². The Labute approximate surface area is 158 Å². The topological polar surface area (TPSA) is 97.2 Å². The maximum Gasteiger partial charge on any atom is 2.00 e. The number of hydrogen-bond donors (Lipinski definition) is 2. The SMILES string of the molecule is O=C(NCc1cccnc1)Nc1ccc([N+](=O)[O-])cc1.[Cl-].[Cl-].[Zn+2]. The first-order valence-corrected chi connectivity index (χ1v) is 5.83. The van der Waals surface area contributed by atoms with E-state index in [9.17, 15) is 14.9 Å². The summed E-state index contributed by atoms with van der Waals surface area (Å²) in [5.41, 5.74) is 1.34. The van der Waals surface area contributed by atoms with E-state index in [1.165, 1.54) is 24.3 Å². The second-order valence-corrected chi connectivity index (χ2v) is 3.97. The summed E-state index contributed by atoms with van der Waals surface area (Å²) in [6.07, 6.45) is 3.31. The number of benzene rings is 1. The van der Waals surface area contributed by atoms with Crippen molar-refractivity contribution in [2.45, 2.75) is 6.54 Å². The third-order valence-electron chi connectivity index (χ3n) is 2.51. The van der Waals surface area contributed by atoms with Gasteiger partial charge in [-0.25, -0.2) is 4.79 Å². The van der Waals surface area contributed by atoms with Crippen LogP contribution < -0.4 is 35.4 Å². The zero-order valence-electron chi connectivity index (χ0n) is 11.9. The van der Waals surface area contributed by atoms with E-state index in [-0.39, 0.29) is 56.0 Å². The van der Waals surface area contributed by atoms with E-state index in [0.29, 0.717) is 12.2 Å². The molecular formula is C13H12Cl2N4O3Zn. The zero-order chi connectivity index (χ0) is 14.4. The Morgan fingerprint density at radius 1 is 1.17 bits per heavy atom. The van der Waals surface area contributed by atoms with Crippen LogP contribution in [-0.2, 0) is 26.0 Å². The van der Waals surface area contributed by atoms with E-state index in [1.54, 1.807) is 18.5 Å². The number of halogens is 2. The van der Waals surface area contributed by atoms with Gasteiger partial charge in [0.1, 0.15) is 0 Å². The number of carbonyl (C=O) groups is 1. The average molecular weight is 409 g/mol. The van der Waals surface area contributed by atoms with Gasteiger partial charge < -0.3 is 35.4 Å². The molecule has 23 heavy (non-hydrogen) atoms. The van der Waals surface area contributed by atoms with Gasteiger partial charge in [0.15, 0.2) is 0 Å². The number of urea groups is 1. The summed E-state index contributed by atoms with van der Waals surface area (Å²) in [5, 5.41) is 15.7. The van der Waals surface area contributed by atoms with Gasteiger partial charge in [-0.1, -0.05) is 6.07 Å². The second-order valence-electron chi connectivity index (χ2n) is 3.97. The molecule has 0 atom stereocenters. The molecular weight excluding hydrogens is 396 g/mol. The van der Waals surface area contributed by atoms with Gasteiger partial charge in [-0.15, -0.1) is 0 Å². The molecule has 2 N–H and O–H groups in total. The molecule has 2 rings (SSSR count). The maximum absolute atomic E-state index is 11.6. The largest absolute Gasteiger partial charge is 2.00 e. The van der Waals surface area contributed by atoms with Crippen LogP contribution in [0.25, 0.3) is 0 Å². The normalized spacial score (nSPS) is 8.52. The fraction of sp³-hybridized carbons (Fsp3) is 0.0769. The van der Waals surface area contributed by atoms with Gasteiger partial charge >= 0.3 is 25.5 Å². The summed E-state index contributed by atoms with van der Waals surface area (Å²) >= 11 is 0. The number of aromatic nitrogens is 1. The van der Waals surface area contributed by atoms with Crippen molar-refractivity contribution in [3.8, 4) is 0 Å². The number of nitrogens with one attached hydrogen (secondary N) is 2. The molecule has 0 unspecified atom stereocenters. The van der Waals surface area contributed by atoms with Gasteiger partial charge in [-0.2, -0.15) is 0 Å². The Hall–Kier alpha value is -1.76. The van der Waals surface area contributed by atoms with Crippen LogP contribution in [-0.4, -0.2) is 15.9 Å². The molecule has 1 aromatic carbocycles. The number of nitro benzene ring substituents is 1. The predicted molar refractivity (Wildman–Crippen MR) is 73.2 cm³/mol. The number of anilines is 1.